The molecule has 30 heavy (non-hydrogen) atoms. The molecular weight excluding hydrogens is 420 g/mol. The molecule has 8 heteroatoms. The molecule has 3 aromatic rings. The van der Waals surface area contributed by atoms with E-state index in [0.717, 1.165) is 44.2 Å². The lowest BCUT2D eigenvalue weighted by Crippen LogP contribution is -2.49. The van der Waals surface area contributed by atoms with E-state index in [1.807, 2.05) is 68.4 Å². The van der Waals surface area contributed by atoms with Crippen LogP contribution >= 0.6 is 22.9 Å². The molecule has 2 aromatic carbocycles. The Bertz CT molecular complexity index is 1190. The van der Waals surface area contributed by atoms with Gasteiger partial charge in [-0.1, -0.05) is 29.8 Å². The van der Waals surface area contributed by atoms with Gasteiger partial charge in [0.25, 0.3) is 5.91 Å². The number of oxime groups is 1. The number of amides is 1. The fraction of sp³-hybridized carbons (Fsp3) is 0.182. The number of carbonyl (C=O) groups is 1. The molecule has 0 radical (unpaired) electrons. The van der Waals surface area contributed by atoms with Crippen molar-refractivity contribution in [2.75, 3.05) is 10.0 Å². The minimum Gasteiger partial charge on any atom is -0.266 e. The van der Waals surface area contributed by atoms with Crippen LogP contribution in [-0.4, -0.2) is 17.0 Å². The van der Waals surface area contributed by atoms with E-state index in [4.69, 9.17) is 16.5 Å². The van der Waals surface area contributed by atoms with E-state index in [-0.39, 0.29) is 5.91 Å². The van der Waals surface area contributed by atoms with Crippen LogP contribution in [-0.2, 0) is 4.94 Å². The topological polar surface area (TPSA) is 48.4 Å². The van der Waals surface area contributed by atoms with Gasteiger partial charge in [-0.25, -0.2) is 0 Å². The number of benzene rings is 2. The monoisotopic (exact) mass is 438 g/mol. The molecule has 0 N–H and O–H groups in total. The summed E-state index contributed by atoms with van der Waals surface area (Å²) >= 11 is 7.92. The summed E-state index contributed by atoms with van der Waals surface area (Å²) in [6, 6.07) is 11.4. The van der Waals surface area contributed by atoms with E-state index < -0.39 is 0 Å². The molecule has 2 aliphatic rings. The van der Waals surface area contributed by atoms with Gasteiger partial charge < -0.3 is 0 Å². The van der Waals surface area contributed by atoms with E-state index in [2.05, 4.69) is 5.16 Å². The van der Waals surface area contributed by atoms with Crippen LogP contribution in [0.5, 0.6) is 0 Å². The van der Waals surface area contributed by atoms with Gasteiger partial charge in [0, 0.05) is 10.6 Å². The van der Waals surface area contributed by atoms with Crippen molar-refractivity contribution < 1.29 is 9.73 Å². The lowest BCUT2D eigenvalue weighted by molar-refractivity contribution is -0.135. The van der Waals surface area contributed by atoms with Crippen LogP contribution in [0.25, 0.3) is 0 Å². The zero-order valence-electron chi connectivity index (χ0n) is 16.9. The van der Waals surface area contributed by atoms with Gasteiger partial charge in [-0.05, 0) is 78.7 Å². The van der Waals surface area contributed by atoms with Gasteiger partial charge in [-0.3, -0.25) is 9.73 Å². The second-order valence-electron chi connectivity index (χ2n) is 7.33. The Kier molecular flexibility index (Phi) is 4.36. The highest BCUT2D eigenvalue weighted by Crippen LogP contribution is 2.44. The summed E-state index contributed by atoms with van der Waals surface area (Å²) < 4.78 is 0. The molecule has 0 saturated heterocycles. The molecular formula is C22H19ClN4O2S. The van der Waals surface area contributed by atoms with Crippen LogP contribution < -0.4 is 10.0 Å². The van der Waals surface area contributed by atoms with E-state index in [0.29, 0.717) is 10.7 Å². The lowest BCUT2D eigenvalue weighted by Gasteiger charge is -2.25. The standard InChI is InChI=1S/C22H19ClN4O2S/c1-12-14(3)20(23)15(4)13(2)19(12)21-24-29-27-25(21)16-8-5-6-9-17(16)26(27)22(28)18-10-7-11-30-18/h5-11H,1-4H3. The summed E-state index contributed by atoms with van der Waals surface area (Å²) in [7, 11) is 0. The van der Waals surface area contributed by atoms with Crippen LogP contribution in [0.3, 0.4) is 0 Å². The van der Waals surface area contributed by atoms with Gasteiger partial charge in [0.15, 0.2) is 0 Å². The number of anilines is 2. The molecule has 0 atom stereocenters. The van der Waals surface area contributed by atoms with E-state index in [1.54, 1.807) is 6.07 Å². The van der Waals surface area contributed by atoms with Crippen molar-refractivity contribution in [3.05, 3.63) is 79.5 Å². The predicted molar refractivity (Wildman–Crippen MR) is 120 cm³/mol. The zero-order valence-corrected chi connectivity index (χ0v) is 18.5. The van der Waals surface area contributed by atoms with Crippen molar-refractivity contribution in [1.29, 1.82) is 0 Å². The first kappa shape index (κ1) is 19.1. The fourth-order valence-corrected chi connectivity index (χ4v) is 4.86. The highest BCUT2D eigenvalue weighted by Gasteiger charge is 2.47. The molecule has 0 fully saturated rings. The Morgan fingerprint density at radius 1 is 0.967 bits per heavy atom. The van der Waals surface area contributed by atoms with Gasteiger partial charge in [-0.2, -0.15) is 10.0 Å². The minimum atomic E-state index is -0.173. The molecule has 0 saturated carbocycles. The third-order valence-electron chi connectivity index (χ3n) is 5.76. The normalized spacial score (nSPS) is 15.2. The first-order valence-electron chi connectivity index (χ1n) is 9.50. The summed E-state index contributed by atoms with van der Waals surface area (Å²) in [6.07, 6.45) is 0. The molecule has 5 rings (SSSR count). The number of para-hydroxylation sites is 2. The van der Waals surface area contributed by atoms with Crippen LogP contribution in [0.1, 0.15) is 37.5 Å². The number of carbonyl (C=O) groups excluding carboxylic acids is 1. The summed E-state index contributed by atoms with van der Waals surface area (Å²) in [4.78, 5) is 19.6. The first-order chi connectivity index (χ1) is 14.4. The van der Waals surface area contributed by atoms with Crippen LogP contribution in [0.2, 0.25) is 5.02 Å². The number of hydrazine groups is 2. The van der Waals surface area contributed by atoms with E-state index >= 15 is 0 Å². The molecule has 1 amide bonds. The molecule has 2 aliphatic heterocycles. The van der Waals surface area contributed by atoms with Crippen LogP contribution in [0, 0.1) is 27.7 Å². The lowest BCUT2D eigenvalue weighted by atomic mass is 9.93. The highest BCUT2D eigenvalue weighted by molar-refractivity contribution is 7.12. The van der Waals surface area contributed by atoms with Crippen molar-refractivity contribution in [2.24, 2.45) is 5.16 Å². The molecule has 0 bridgehead atoms. The van der Waals surface area contributed by atoms with Crippen molar-refractivity contribution in [3.8, 4) is 0 Å². The molecule has 152 valence electrons. The Morgan fingerprint density at radius 2 is 1.63 bits per heavy atom. The molecule has 6 nitrogen and oxygen atoms in total. The number of nitrogens with zero attached hydrogens (tertiary/aromatic N) is 4. The van der Waals surface area contributed by atoms with Gasteiger partial charge in [0.05, 0.1) is 21.5 Å². The Labute approximate surface area is 183 Å². The fourth-order valence-electron chi connectivity index (χ4n) is 3.92. The molecule has 0 spiro atoms. The first-order valence-corrected chi connectivity index (χ1v) is 10.8. The third kappa shape index (κ3) is 2.52. The summed E-state index contributed by atoms with van der Waals surface area (Å²) in [5.41, 5.74) is 6.60. The zero-order chi connectivity index (χ0) is 21.2. The van der Waals surface area contributed by atoms with Crippen molar-refractivity contribution >= 4 is 46.1 Å². The van der Waals surface area contributed by atoms with Crippen molar-refractivity contribution in [2.45, 2.75) is 27.7 Å². The minimum absolute atomic E-state index is 0.173. The smallest absolute Gasteiger partial charge is 0.266 e. The Hall–Kier alpha value is -2.87. The average molecular weight is 439 g/mol. The molecule has 1 aromatic heterocycles. The average Bonchev–Trinajstić information content (AvgIpc) is 3.48. The summed E-state index contributed by atoms with van der Waals surface area (Å²) in [6.45, 7) is 8.08. The third-order valence-corrected chi connectivity index (χ3v) is 7.19. The second-order valence-corrected chi connectivity index (χ2v) is 8.66. The summed E-state index contributed by atoms with van der Waals surface area (Å²) in [5, 5.41) is 11.8. The van der Waals surface area contributed by atoms with Crippen LogP contribution in [0.4, 0.5) is 11.4 Å². The van der Waals surface area contributed by atoms with Crippen molar-refractivity contribution in [1.82, 2.24) is 5.28 Å². The largest absolute Gasteiger partial charge is 0.287 e. The number of rotatable bonds is 2. The van der Waals surface area contributed by atoms with Gasteiger partial charge >= 0.3 is 0 Å². The Balaban J connectivity index is 1.66. The van der Waals surface area contributed by atoms with E-state index in [9.17, 15) is 4.79 Å². The molecule has 3 heterocycles. The van der Waals surface area contributed by atoms with Crippen molar-refractivity contribution in [3.63, 3.8) is 0 Å². The van der Waals surface area contributed by atoms with Gasteiger partial charge in [0.2, 0.25) is 5.84 Å². The number of thiophene rings is 1. The number of hydrogen-bond acceptors (Lipinski definition) is 6. The quantitative estimate of drug-likeness (QED) is 0.527. The maximum absolute atomic E-state index is 13.3. The number of amidine groups is 1. The maximum atomic E-state index is 13.3. The van der Waals surface area contributed by atoms with E-state index in [1.165, 1.54) is 21.6 Å². The molecule has 0 unspecified atom stereocenters. The second kappa shape index (κ2) is 6.84. The summed E-state index contributed by atoms with van der Waals surface area (Å²) in [5.74, 6) is 0.454. The Morgan fingerprint density at radius 3 is 2.27 bits per heavy atom. The SMILES string of the molecule is Cc1c(C)c(C2=NON3N(C(=O)c4cccs4)c4ccccc4N23)c(C)c(C)c1Cl. The van der Waals surface area contributed by atoms with Gasteiger partial charge in [-0.15, -0.1) is 11.3 Å². The van der Waals surface area contributed by atoms with Gasteiger partial charge in [0.1, 0.15) is 0 Å². The molecule has 0 aliphatic carbocycles. The van der Waals surface area contributed by atoms with Crippen LogP contribution in [0.15, 0.2) is 46.9 Å². The predicted octanol–water partition coefficient (Wildman–Crippen LogP) is 5.54. The number of hydrogen-bond donors (Lipinski definition) is 0. The number of halogens is 1. The number of fused-ring (bicyclic) bond motifs is 3. The highest BCUT2D eigenvalue weighted by atomic mass is 35.5. The maximum Gasteiger partial charge on any atom is 0.287 e.